The molecule has 2 rings (SSSR count). The van der Waals surface area contributed by atoms with Crippen molar-refractivity contribution < 1.29 is 17.4 Å². The minimum absolute atomic E-state index is 0.00116. The Morgan fingerprint density at radius 2 is 2.00 bits per heavy atom. The van der Waals surface area contributed by atoms with Gasteiger partial charge in [-0.3, -0.25) is 0 Å². The number of nitrogens with two attached hydrogens (primary N) is 1. The first-order valence-corrected chi connectivity index (χ1v) is 8.61. The van der Waals surface area contributed by atoms with E-state index in [2.05, 4.69) is 0 Å². The lowest BCUT2D eigenvalue weighted by Crippen LogP contribution is -2.09. The number of hydrogen-bond acceptors (Lipinski definition) is 5. The number of primary sulfonamides is 1. The van der Waals surface area contributed by atoms with E-state index in [-0.39, 0.29) is 4.21 Å². The van der Waals surface area contributed by atoms with Gasteiger partial charge in [-0.05, 0) is 30.3 Å². The van der Waals surface area contributed by atoms with Gasteiger partial charge in [0.15, 0.2) is 0 Å². The summed E-state index contributed by atoms with van der Waals surface area (Å²) in [7, 11) is -3.69. The highest BCUT2D eigenvalue weighted by molar-refractivity contribution is 7.92. The fraction of sp³-hybridized carbons (Fsp3) is 0.0909. The summed E-state index contributed by atoms with van der Waals surface area (Å²) in [4.78, 5) is 0.544. The highest BCUT2D eigenvalue weighted by Crippen LogP contribution is 2.28. The summed E-state index contributed by atoms with van der Waals surface area (Å²) in [6.45, 7) is 0. The van der Waals surface area contributed by atoms with Crippen molar-refractivity contribution in [3.8, 4) is 5.75 Å². The van der Waals surface area contributed by atoms with Crippen LogP contribution in [-0.4, -0.2) is 19.7 Å². The molecule has 0 amide bonds. The van der Waals surface area contributed by atoms with Gasteiger partial charge in [0.2, 0.25) is 10.0 Å². The van der Waals surface area contributed by atoms with Crippen molar-refractivity contribution >= 4 is 32.2 Å². The van der Waals surface area contributed by atoms with Gasteiger partial charge < -0.3 is 4.74 Å². The summed E-state index contributed by atoms with van der Waals surface area (Å²) in [6, 6.07) is 9.65. The van der Waals surface area contributed by atoms with Gasteiger partial charge >= 0.3 is 0 Å². The molecule has 5 nitrogen and oxygen atoms in total. The summed E-state index contributed by atoms with van der Waals surface area (Å²) in [6.07, 6.45) is 0. The molecule has 0 fully saturated rings. The lowest BCUT2D eigenvalue weighted by molar-refractivity contribution is 0.413. The molecule has 1 unspecified atom stereocenters. The van der Waals surface area contributed by atoms with Gasteiger partial charge in [0, 0.05) is 4.90 Å². The number of sulfonamides is 1. The Morgan fingerprint density at radius 3 is 2.58 bits per heavy atom. The topological polar surface area (TPSA) is 86.5 Å². The van der Waals surface area contributed by atoms with Crippen LogP contribution in [0.4, 0.5) is 0 Å². The molecule has 1 aromatic heterocycles. The van der Waals surface area contributed by atoms with Crippen molar-refractivity contribution in [1.29, 1.82) is 0 Å². The minimum Gasteiger partial charge on any atom is -0.497 e. The molecule has 2 N–H and O–H groups in total. The SMILES string of the molecule is COc1cccc(S(=O)c2ccc(S(N)(=O)=O)s2)c1. The van der Waals surface area contributed by atoms with E-state index in [0.717, 1.165) is 11.3 Å². The van der Waals surface area contributed by atoms with E-state index >= 15 is 0 Å². The average Bonchev–Trinajstić information content (AvgIpc) is 2.87. The third kappa shape index (κ3) is 3.21. The maximum atomic E-state index is 12.3. The number of ether oxygens (including phenoxy) is 1. The fourth-order valence-electron chi connectivity index (χ4n) is 1.39. The van der Waals surface area contributed by atoms with Gasteiger partial charge in [-0.25, -0.2) is 17.8 Å². The molecule has 0 aliphatic heterocycles. The second-order valence-electron chi connectivity index (χ2n) is 3.57. The molecule has 0 spiro atoms. The quantitative estimate of drug-likeness (QED) is 0.927. The minimum atomic E-state index is -3.75. The molecule has 0 aliphatic rings. The summed E-state index contributed by atoms with van der Waals surface area (Å²) >= 11 is 0.902. The zero-order chi connectivity index (χ0) is 14.0. The van der Waals surface area contributed by atoms with Crippen LogP contribution in [0.1, 0.15) is 0 Å². The first kappa shape index (κ1) is 14.2. The molecule has 102 valence electrons. The number of rotatable bonds is 4. The number of methoxy groups -OCH3 is 1. The second-order valence-corrected chi connectivity index (χ2v) is 8.15. The standard InChI is InChI=1S/C11H11NO4S3/c1-16-8-3-2-4-9(7-8)18(13)10-5-6-11(17-10)19(12,14)15/h2-7H,1H3,(H2,12,14,15). The predicted molar refractivity (Wildman–Crippen MR) is 73.4 cm³/mol. The van der Waals surface area contributed by atoms with Crippen LogP contribution in [0, 0.1) is 0 Å². The first-order chi connectivity index (χ1) is 8.91. The molecule has 0 aliphatic carbocycles. The van der Waals surface area contributed by atoms with Crippen LogP contribution >= 0.6 is 11.3 Å². The molecule has 1 aromatic carbocycles. The number of thiophene rings is 1. The van der Waals surface area contributed by atoms with E-state index in [1.54, 1.807) is 24.3 Å². The molecule has 8 heteroatoms. The molecule has 19 heavy (non-hydrogen) atoms. The van der Waals surface area contributed by atoms with Gasteiger partial charge in [0.1, 0.15) is 9.96 Å². The third-order valence-electron chi connectivity index (χ3n) is 2.28. The van der Waals surface area contributed by atoms with Crippen molar-refractivity contribution in [2.45, 2.75) is 13.3 Å². The highest BCUT2D eigenvalue weighted by atomic mass is 32.3. The van der Waals surface area contributed by atoms with E-state index in [1.807, 2.05) is 0 Å². The van der Waals surface area contributed by atoms with Crippen LogP contribution < -0.4 is 9.88 Å². The summed E-state index contributed by atoms with van der Waals surface area (Å²) < 4.78 is 40.1. The molecule has 2 aromatic rings. The van der Waals surface area contributed by atoms with Crippen molar-refractivity contribution in [3.05, 3.63) is 36.4 Å². The second kappa shape index (κ2) is 5.41. The number of hydrogen-bond donors (Lipinski definition) is 1. The zero-order valence-corrected chi connectivity index (χ0v) is 12.3. The van der Waals surface area contributed by atoms with E-state index in [1.165, 1.54) is 19.2 Å². The largest absolute Gasteiger partial charge is 0.497 e. The lowest BCUT2D eigenvalue weighted by Gasteiger charge is -2.02. The van der Waals surface area contributed by atoms with Crippen LogP contribution in [0.3, 0.4) is 0 Å². The Balaban J connectivity index is 2.36. The molecule has 0 saturated carbocycles. The van der Waals surface area contributed by atoms with E-state index in [9.17, 15) is 12.6 Å². The Hall–Kier alpha value is -1.22. The lowest BCUT2D eigenvalue weighted by atomic mass is 10.3. The fourth-order valence-corrected chi connectivity index (χ4v) is 4.72. The third-order valence-corrected chi connectivity index (χ3v) is 6.48. The molecule has 0 saturated heterocycles. The highest BCUT2D eigenvalue weighted by Gasteiger charge is 2.16. The average molecular weight is 317 g/mol. The van der Waals surface area contributed by atoms with Crippen LogP contribution in [0.2, 0.25) is 0 Å². The maximum Gasteiger partial charge on any atom is 0.247 e. The van der Waals surface area contributed by atoms with Crippen LogP contribution in [0.15, 0.2) is 49.7 Å². The Bertz CT molecular complexity index is 721. The smallest absolute Gasteiger partial charge is 0.247 e. The van der Waals surface area contributed by atoms with E-state index in [4.69, 9.17) is 9.88 Å². The molecule has 0 radical (unpaired) electrons. The monoisotopic (exact) mass is 317 g/mol. The Morgan fingerprint density at radius 1 is 1.26 bits per heavy atom. The van der Waals surface area contributed by atoms with Crippen molar-refractivity contribution in [2.24, 2.45) is 5.14 Å². The van der Waals surface area contributed by atoms with Crippen LogP contribution in [0.25, 0.3) is 0 Å². The molecule has 0 bridgehead atoms. The van der Waals surface area contributed by atoms with Crippen molar-refractivity contribution in [3.63, 3.8) is 0 Å². The van der Waals surface area contributed by atoms with Crippen molar-refractivity contribution in [2.75, 3.05) is 7.11 Å². The molecule has 1 atom stereocenters. The summed E-state index contributed by atoms with van der Waals surface area (Å²) in [5.41, 5.74) is 0. The van der Waals surface area contributed by atoms with Gasteiger partial charge in [0.25, 0.3) is 0 Å². The molecular weight excluding hydrogens is 306 g/mol. The van der Waals surface area contributed by atoms with Crippen molar-refractivity contribution in [1.82, 2.24) is 0 Å². The normalized spacial score (nSPS) is 13.2. The predicted octanol–water partition coefficient (Wildman–Crippen LogP) is 1.57. The van der Waals surface area contributed by atoms with Crippen LogP contribution in [-0.2, 0) is 20.8 Å². The maximum absolute atomic E-state index is 12.3. The van der Waals surface area contributed by atoms with E-state index in [0.29, 0.717) is 14.9 Å². The number of benzene rings is 1. The van der Waals surface area contributed by atoms with Gasteiger partial charge in [-0.15, -0.1) is 11.3 Å². The van der Waals surface area contributed by atoms with Gasteiger partial charge in [-0.1, -0.05) is 6.07 Å². The van der Waals surface area contributed by atoms with E-state index < -0.39 is 20.8 Å². The Kier molecular flexibility index (Phi) is 4.04. The van der Waals surface area contributed by atoms with Crippen LogP contribution in [0.5, 0.6) is 5.75 Å². The molecular formula is C11H11NO4S3. The summed E-state index contributed by atoms with van der Waals surface area (Å²) in [5, 5.41) is 5.02. The first-order valence-electron chi connectivity index (χ1n) is 5.10. The zero-order valence-electron chi connectivity index (χ0n) is 9.90. The van der Waals surface area contributed by atoms with Gasteiger partial charge in [0.05, 0.1) is 22.1 Å². The van der Waals surface area contributed by atoms with Gasteiger partial charge in [-0.2, -0.15) is 0 Å². The Labute approximate surface area is 117 Å². The molecule has 1 heterocycles. The summed E-state index contributed by atoms with van der Waals surface area (Å²) in [5.74, 6) is 0.592.